The molecule has 1 aliphatic rings. The van der Waals surface area contributed by atoms with Crippen molar-refractivity contribution in [2.24, 2.45) is 0 Å². The van der Waals surface area contributed by atoms with E-state index in [0.29, 0.717) is 19.8 Å². The first kappa shape index (κ1) is 15.3. The molecule has 1 unspecified atom stereocenters. The summed E-state index contributed by atoms with van der Waals surface area (Å²) in [6.07, 6.45) is 1.78. The zero-order chi connectivity index (χ0) is 14.7. The summed E-state index contributed by atoms with van der Waals surface area (Å²) in [6, 6.07) is 1.79. The zero-order valence-corrected chi connectivity index (χ0v) is 13.6. The Morgan fingerprint density at radius 2 is 2.35 bits per heavy atom. The van der Waals surface area contributed by atoms with Gasteiger partial charge in [-0.05, 0) is 48.3 Å². The van der Waals surface area contributed by atoms with E-state index in [2.05, 4.69) is 26.2 Å². The number of aryl methyl sites for hydroxylation is 1. The molecule has 6 heteroatoms. The molecule has 2 heterocycles. The molecule has 0 aliphatic carbocycles. The van der Waals surface area contributed by atoms with Crippen LogP contribution in [0.5, 0.6) is 0 Å². The van der Waals surface area contributed by atoms with Gasteiger partial charge in [0.2, 0.25) is 5.91 Å². The van der Waals surface area contributed by atoms with Gasteiger partial charge in [0.05, 0.1) is 13.2 Å². The lowest BCUT2D eigenvalue weighted by molar-refractivity contribution is -0.125. The Hall–Kier alpha value is -1.14. The number of carbonyl (C=O) groups is 1. The SMILES string of the molecule is Cc1cc(N2CCOCC2C(=O)NC(C)C)ncc1Br. The number of nitrogens with one attached hydrogen (secondary N) is 1. The topological polar surface area (TPSA) is 54.5 Å². The van der Waals surface area contributed by atoms with Crippen molar-refractivity contribution in [1.29, 1.82) is 0 Å². The molecular weight excluding hydrogens is 322 g/mol. The zero-order valence-electron chi connectivity index (χ0n) is 12.0. The monoisotopic (exact) mass is 341 g/mol. The molecule has 5 nitrogen and oxygen atoms in total. The van der Waals surface area contributed by atoms with E-state index in [-0.39, 0.29) is 18.0 Å². The van der Waals surface area contributed by atoms with Crippen molar-refractivity contribution < 1.29 is 9.53 Å². The summed E-state index contributed by atoms with van der Waals surface area (Å²) in [5, 5.41) is 2.94. The van der Waals surface area contributed by atoms with E-state index in [0.717, 1.165) is 15.9 Å². The Bertz CT molecular complexity index is 493. The summed E-state index contributed by atoms with van der Waals surface area (Å²) in [4.78, 5) is 18.7. The number of halogens is 1. The van der Waals surface area contributed by atoms with E-state index in [1.807, 2.05) is 31.7 Å². The van der Waals surface area contributed by atoms with Gasteiger partial charge in [-0.1, -0.05) is 0 Å². The van der Waals surface area contributed by atoms with E-state index in [1.54, 1.807) is 6.20 Å². The first-order chi connectivity index (χ1) is 9.49. The van der Waals surface area contributed by atoms with E-state index < -0.39 is 0 Å². The maximum atomic E-state index is 12.3. The standard InChI is InChI=1S/C14H20BrN3O2/c1-9(2)17-14(19)12-8-20-5-4-18(12)13-6-10(3)11(15)7-16-13/h6-7,9,12H,4-5,8H2,1-3H3,(H,17,19). The van der Waals surface area contributed by atoms with Gasteiger partial charge in [0, 0.05) is 23.3 Å². The molecule has 0 aromatic carbocycles. The molecule has 0 radical (unpaired) electrons. The molecule has 1 saturated heterocycles. The van der Waals surface area contributed by atoms with Gasteiger partial charge in [0.15, 0.2) is 0 Å². The number of anilines is 1. The van der Waals surface area contributed by atoms with Crippen molar-refractivity contribution in [1.82, 2.24) is 10.3 Å². The molecule has 1 aromatic rings. The highest BCUT2D eigenvalue weighted by Gasteiger charge is 2.30. The van der Waals surface area contributed by atoms with Crippen LogP contribution >= 0.6 is 15.9 Å². The smallest absolute Gasteiger partial charge is 0.245 e. The van der Waals surface area contributed by atoms with Crippen molar-refractivity contribution in [2.45, 2.75) is 32.9 Å². The average molecular weight is 342 g/mol. The Morgan fingerprint density at radius 3 is 3.00 bits per heavy atom. The minimum absolute atomic E-state index is 0.0120. The molecule has 0 saturated carbocycles. The molecule has 1 aliphatic heterocycles. The first-order valence-electron chi connectivity index (χ1n) is 6.76. The van der Waals surface area contributed by atoms with E-state index >= 15 is 0 Å². The third kappa shape index (κ3) is 3.49. The second-order valence-electron chi connectivity index (χ2n) is 5.24. The van der Waals surface area contributed by atoms with Gasteiger partial charge in [-0.3, -0.25) is 4.79 Å². The Morgan fingerprint density at radius 1 is 1.60 bits per heavy atom. The molecule has 0 spiro atoms. The normalized spacial score (nSPS) is 19.2. The molecule has 1 N–H and O–H groups in total. The van der Waals surface area contributed by atoms with Crippen molar-refractivity contribution in [2.75, 3.05) is 24.7 Å². The van der Waals surface area contributed by atoms with Crippen LogP contribution in [0.3, 0.4) is 0 Å². The minimum Gasteiger partial charge on any atom is -0.377 e. The van der Waals surface area contributed by atoms with Crippen molar-refractivity contribution in [3.63, 3.8) is 0 Å². The fraction of sp³-hybridized carbons (Fsp3) is 0.571. The number of carbonyl (C=O) groups excluding carboxylic acids is 1. The predicted octanol–water partition coefficient (Wildman–Crippen LogP) is 1.88. The van der Waals surface area contributed by atoms with Gasteiger partial charge in [-0.25, -0.2) is 4.98 Å². The van der Waals surface area contributed by atoms with Gasteiger partial charge in [0.1, 0.15) is 11.9 Å². The molecule has 1 atom stereocenters. The van der Waals surface area contributed by atoms with Crippen LogP contribution in [-0.2, 0) is 9.53 Å². The Balaban J connectivity index is 2.21. The second kappa shape index (κ2) is 6.54. The van der Waals surface area contributed by atoms with Crippen molar-refractivity contribution >= 4 is 27.7 Å². The number of amides is 1. The molecule has 1 amide bonds. The third-order valence-corrected chi connectivity index (χ3v) is 4.02. The summed E-state index contributed by atoms with van der Waals surface area (Å²) >= 11 is 3.45. The molecule has 2 rings (SSSR count). The Kier molecular flexibility index (Phi) is 4.99. The number of hydrogen-bond donors (Lipinski definition) is 1. The third-order valence-electron chi connectivity index (χ3n) is 3.19. The fourth-order valence-electron chi connectivity index (χ4n) is 2.16. The van der Waals surface area contributed by atoms with E-state index in [9.17, 15) is 4.79 Å². The molecule has 110 valence electrons. The largest absolute Gasteiger partial charge is 0.377 e. The van der Waals surface area contributed by atoms with Gasteiger partial charge in [-0.2, -0.15) is 0 Å². The van der Waals surface area contributed by atoms with Crippen LogP contribution in [0.15, 0.2) is 16.7 Å². The number of hydrogen-bond acceptors (Lipinski definition) is 4. The van der Waals surface area contributed by atoms with Crippen LogP contribution in [0.25, 0.3) is 0 Å². The van der Waals surface area contributed by atoms with E-state index in [1.165, 1.54) is 0 Å². The van der Waals surface area contributed by atoms with Crippen LogP contribution in [0, 0.1) is 6.92 Å². The lowest BCUT2D eigenvalue weighted by atomic mass is 10.2. The van der Waals surface area contributed by atoms with Gasteiger partial charge >= 0.3 is 0 Å². The molecular formula is C14H20BrN3O2. The van der Waals surface area contributed by atoms with Crippen molar-refractivity contribution in [3.8, 4) is 0 Å². The first-order valence-corrected chi connectivity index (χ1v) is 7.55. The summed E-state index contributed by atoms with van der Waals surface area (Å²) < 4.78 is 6.42. The molecule has 20 heavy (non-hydrogen) atoms. The van der Waals surface area contributed by atoms with Gasteiger partial charge in [0.25, 0.3) is 0 Å². The van der Waals surface area contributed by atoms with E-state index in [4.69, 9.17) is 4.74 Å². The van der Waals surface area contributed by atoms with Crippen molar-refractivity contribution in [3.05, 3.63) is 22.3 Å². The van der Waals surface area contributed by atoms with Gasteiger partial charge in [-0.15, -0.1) is 0 Å². The molecule has 0 bridgehead atoms. The predicted molar refractivity (Wildman–Crippen MR) is 81.9 cm³/mol. The maximum absolute atomic E-state index is 12.3. The van der Waals surface area contributed by atoms with Crippen LogP contribution in [0.4, 0.5) is 5.82 Å². The summed E-state index contributed by atoms with van der Waals surface area (Å²) in [5.41, 5.74) is 1.10. The van der Waals surface area contributed by atoms with Crippen LogP contribution in [0.1, 0.15) is 19.4 Å². The summed E-state index contributed by atoms with van der Waals surface area (Å²) in [5.74, 6) is 0.806. The lowest BCUT2D eigenvalue weighted by Crippen LogP contribution is -2.55. The fourth-order valence-corrected chi connectivity index (χ4v) is 2.37. The average Bonchev–Trinajstić information content (AvgIpc) is 2.41. The number of aromatic nitrogens is 1. The quantitative estimate of drug-likeness (QED) is 0.911. The lowest BCUT2D eigenvalue weighted by Gasteiger charge is -2.36. The number of ether oxygens (including phenoxy) is 1. The number of rotatable bonds is 3. The summed E-state index contributed by atoms with van der Waals surface area (Å²) in [6.45, 7) is 7.60. The number of morpholine rings is 1. The highest BCUT2D eigenvalue weighted by molar-refractivity contribution is 9.10. The highest BCUT2D eigenvalue weighted by Crippen LogP contribution is 2.23. The summed E-state index contributed by atoms with van der Waals surface area (Å²) in [7, 11) is 0. The maximum Gasteiger partial charge on any atom is 0.245 e. The van der Waals surface area contributed by atoms with Gasteiger partial charge < -0.3 is 15.0 Å². The number of pyridine rings is 1. The highest BCUT2D eigenvalue weighted by atomic mass is 79.9. The molecule has 1 aromatic heterocycles. The van der Waals surface area contributed by atoms with Crippen LogP contribution in [0.2, 0.25) is 0 Å². The Labute approximate surface area is 127 Å². The second-order valence-corrected chi connectivity index (χ2v) is 6.09. The van der Waals surface area contributed by atoms with Crippen LogP contribution in [-0.4, -0.2) is 42.7 Å². The molecule has 1 fully saturated rings. The minimum atomic E-state index is -0.320. The number of nitrogens with zero attached hydrogens (tertiary/aromatic N) is 2. The van der Waals surface area contributed by atoms with Crippen LogP contribution < -0.4 is 10.2 Å².